The lowest BCUT2D eigenvalue weighted by Gasteiger charge is -2.21. The van der Waals surface area contributed by atoms with Crippen LogP contribution in [0.1, 0.15) is 12.8 Å². The molecular weight excluding hydrogens is 174 g/mol. The average Bonchev–Trinajstić information content (AvgIpc) is 2.33. The van der Waals surface area contributed by atoms with Crippen LogP contribution in [-0.4, -0.2) is 34.9 Å². The molecule has 0 aromatic rings. The van der Waals surface area contributed by atoms with Crippen molar-refractivity contribution in [3.8, 4) is 0 Å². The minimum atomic E-state index is -0.321. The summed E-state index contributed by atoms with van der Waals surface area (Å²) in [7, 11) is 0. The molecule has 0 aromatic heterocycles. The summed E-state index contributed by atoms with van der Waals surface area (Å²) in [5.74, 6) is -0.321. The zero-order chi connectivity index (χ0) is 9.14. The average molecular weight is 187 g/mol. The van der Waals surface area contributed by atoms with Crippen LogP contribution < -0.4 is 11.5 Å². The van der Waals surface area contributed by atoms with Crippen LogP contribution in [0, 0.1) is 0 Å². The SMILES string of the molecule is NC(=O)CN1CCCC1C(N)=S. The number of nitrogens with two attached hydrogens (primary N) is 2. The van der Waals surface area contributed by atoms with Crippen LogP contribution in [0.15, 0.2) is 0 Å². The lowest BCUT2D eigenvalue weighted by Crippen LogP contribution is -2.43. The second kappa shape index (κ2) is 3.82. The molecule has 4 N–H and O–H groups in total. The zero-order valence-electron chi connectivity index (χ0n) is 6.82. The molecule has 1 fully saturated rings. The molecule has 1 aliphatic rings. The molecule has 0 aliphatic carbocycles. The fraction of sp³-hybridized carbons (Fsp3) is 0.714. The Balaban J connectivity index is 2.52. The van der Waals surface area contributed by atoms with Crippen LogP contribution in [0.4, 0.5) is 0 Å². The van der Waals surface area contributed by atoms with Gasteiger partial charge in [-0.3, -0.25) is 9.69 Å². The van der Waals surface area contributed by atoms with Crippen LogP contribution in [0.5, 0.6) is 0 Å². The summed E-state index contributed by atoms with van der Waals surface area (Å²) in [4.78, 5) is 13.0. The summed E-state index contributed by atoms with van der Waals surface area (Å²) < 4.78 is 0. The molecule has 0 radical (unpaired) electrons. The van der Waals surface area contributed by atoms with E-state index in [1.807, 2.05) is 4.90 Å². The van der Waals surface area contributed by atoms with Crippen molar-refractivity contribution in [2.45, 2.75) is 18.9 Å². The quantitative estimate of drug-likeness (QED) is 0.569. The predicted molar refractivity (Wildman–Crippen MR) is 50.6 cm³/mol. The standard InChI is InChI=1S/C7H13N3OS/c8-6(11)4-10-3-1-2-5(10)7(9)12/h5H,1-4H2,(H2,8,11)(H2,9,12). The van der Waals surface area contributed by atoms with Gasteiger partial charge in [-0.15, -0.1) is 0 Å². The molecule has 0 spiro atoms. The number of amides is 1. The Morgan fingerprint density at radius 2 is 2.25 bits per heavy atom. The molecule has 1 amide bonds. The van der Waals surface area contributed by atoms with Crippen LogP contribution in [0.25, 0.3) is 0 Å². The monoisotopic (exact) mass is 187 g/mol. The first-order valence-electron chi connectivity index (χ1n) is 3.93. The number of primary amides is 1. The summed E-state index contributed by atoms with van der Waals surface area (Å²) >= 11 is 4.87. The highest BCUT2D eigenvalue weighted by atomic mass is 32.1. The van der Waals surface area contributed by atoms with Gasteiger partial charge in [0.1, 0.15) is 0 Å². The van der Waals surface area contributed by atoms with Crippen LogP contribution >= 0.6 is 12.2 Å². The minimum Gasteiger partial charge on any atom is -0.392 e. The number of thiocarbonyl (C=S) groups is 1. The maximum atomic E-state index is 10.6. The van der Waals surface area contributed by atoms with Gasteiger partial charge in [0.15, 0.2) is 0 Å². The van der Waals surface area contributed by atoms with E-state index in [-0.39, 0.29) is 18.5 Å². The Labute approximate surface area is 76.9 Å². The van der Waals surface area contributed by atoms with Gasteiger partial charge < -0.3 is 11.5 Å². The molecule has 4 nitrogen and oxygen atoms in total. The van der Waals surface area contributed by atoms with E-state index in [4.69, 9.17) is 23.7 Å². The molecular formula is C7H13N3OS. The fourth-order valence-corrected chi connectivity index (χ4v) is 1.80. The molecule has 12 heavy (non-hydrogen) atoms. The first kappa shape index (κ1) is 9.41. The number of carbonyl (C=O) groups excluding carboxylic acids is 1. The maximum absolute atomic E-state index is 10.6. The molecule has 1 rings (SSSR count). The largest absolute Gasteiger partial charge is 0.392 e. The van der Waals surface area contributed by atoms with Gasteiger partial charge in [0.05, 0.1) is 17.6 Å². The van der Waals surface area contributed by atoms with E-state index in [2.05, 4.69) is 0 Å². The smallest absolute Gasteiger partial charge is 0.231 e. The van der Waals surface area contributed by atoms with Crippen molar-refractivity contribution in [3.63, 3.8) is 0 Å². The zero-order valence-corrected chi connectivity index (χ0v) is 7.64. The highest BCUT2D eigenvalue weighted by Gasteiger charge is 2.27. The highest BCUT2D eigenvalue weighted by molar-refractivity contribution is 7.80. The maximum Gasteiger partial charge on any atom is 0.231 e. The molecule has 1 heterocycles. The van der Waals surface area contributed by atoms with Gasteiger partial charge in [0.25, 0.3) is 0 Å². The minimum absolute atomic E-state index is 0.0764. The Morgan fingerprint density at radius 3 is 2.75 bits per heavy atom. The highest BCUT2D eigenvalue weighted by Crippen LogP contribution is 2.16. The van der Waals surface area contributed by atoms with Crippen molar-refractivity contribution in [2.75, 3.05) is 13.1 Å². The lowest BCUT2D eigenvalue weighted by molar-refractivity contribution is -0.119. The first-order valence-corrected chi connectivity index (χ1v) is 4.33. The summed E-state index contributed by atoms with van der Waals surface area (Å²) in [6, 6.07) is 0.0764. The number of nitrogens with zero attached hydrogens (tertiary/aromatic N) is 1. The molecule has 1 unspecified atom stereocenters. The third-order valence-corrected chi connectivity index (χ3v) is 2.32. The summed E-state index contributed by atoms with van der Waals surface area (Å²) in [6.45, 7) is 1.13. The fourth-order valence-electron chi connectivity index (χ4n) is 1.54. The lowest BCUT2D eigenvalue weighted by atomic mass is 10.2. The van der Waals surface area contributed by atoms with Gasteiger partial charge in [-0.1, -0.05) is 12.2 Å². The first-order chi connectivity index (χ1) is 5.61. The van der Waals surface area contributed by atoms with E-state index in [0.29, 0.717) is 4.99 Å². The van der Waals surface area contributed by atoms with Gasteiger partial charge in [-0.05, 0) is 19.4 Å². The summed E-state index contributed by atoms with van der Waals surface area (Å²) in [6.07, 6.45) is 1.98. The van der Waals surface area contributed by atoms with Gasteiger partial charge in [0.2, 0.25) is 5.91 Å². The topological polar surface area (TPSA) is 72.4 Å². The normalized spacial score (nSPS) is 24.2. The number of hydrogen-bond acceptors (Lipinski definition) is 3. The number of carbonyl (C=O) groups is 1. The Bertz CT molecular complexity index is 207. The van der Waals surface area contributed by atoms with Crippen molar-refractivity contribution in [3.05, 3.63) is 0 Å². The molecule has 1 saturated heterocycles. The predicted octanol–water partition coefficient (Wildman–Crippen LogP) is -0.778. The summed E-state index contributed by atoms with van der Waals surface area (Å²) in [5, 5.41) is 0. The molecule has 0 saturated carbocycles. The molecule has 0 bridgehead atoms. The molecule has 5 heteroatoms. The van der Waals surface area contributed by atoms with E-state index < -0.39 is 0 Å². The van der Waals surface area contributed by atoms with Gasteiger partial charge in [-0.25, -0.2) is 0 Å². The van der Waals surface area contributed by atoms with Crippen molar-refractivity contribution >= 4 is 23.1 Å². The van der Waals surface area contributed by atoms with E-state index in [1.165, 1.54) is 0 Å². The number of likely N-dealkylation sites (tertiary alicyclic amines) is 1. The summed E-state index contributed by atoms with van der Waals surface area (Å²) in [5.41, 5.74) is 10.6. The van der Waals surface area contributed by atoms with Crippen molar-refractivity contribution in [1.82, 2.24) is 4.90 Å². The van der Waals surface area contributed by atoms with Crippen LogP contribution in [0.2, 0.25) is 0 Å². The van der Waals surface area contributed by atoms with Crippen molar-refractivity contribution in [1.29, 1.82) is 0 Å². The molecule has 68 valence electrons. The van der Waals surface area contributed by atoms with Crippen LogP contribution in [-0.2, 0) is 4.79 Å². The third-order valence-electron chi connectivity index (χ3n) is 2.05. The second-order valence-electron chi connectivity index (χ2n) is 3.00. The van der Waals surface area contributed by atoms with Gasteiger partial charge in [-0.2, -0.15) is 0 Å². The van der Waals surface area contributed by atoms with Crippen LogP contribution in [0.3, 0.4) is 0 Å². The van der Waals surface area contributed by atoms with Gasteiger partial charge in [0, 0.05) is 0 Å². The molecule has 0 aromatic carbocycles. The number of rotatable bonds is 3. The van der Waals surface area contributed by atoms with E-state index in [0.717, 1.165) is 19.4 Å². The van der Waals surface area contributed by atoms with E-state index in [9.17, 15) is 4.79 Å². The van der Waals surface area contributed by atoms with Crippen molar-refractivity contribution in [2.24, 2.45) is 11.5 Å². The Morgan fingerprint density at radius 1 is 1.58 bits per heavy atom. The van der Waals surface area contributed by atoms with E-state index in [1.54, 1.807) is 0 Å². The van der Waals surface area contributed by atoms with Gasteiger partial charge >= 0.3 is 0 Å². The second-order valence-corrected chi connectivity index (χ2v) is 3.47. The third kappa shape index (κ3) is 2.15. The Hall–Kier alpha value is -0.680. The molecule has 1 aliphatic heterocycles. The Kier molecular flexibility index (Phi) is 2.99. The number of hydrogen-bond donors (Lipinski definition) is 2. The van der Waals surface area contributed by atoms with Crippen molar-refractivity contribution < 1.29 is 4.79 Å². The molecule has 1 atom stereocenters. The van der Waals surface area contributed by atoms with E-state index >= 15 is 0 Å².